The van der Waals surface area contributed by atoms with Crippen LogP contribution >= 0.6 is 11.3 Å². The van der Waals surface area contributed by atoms with E-state index < -0.39 is 0 Å². The summed E-state index contributed by atoms with van der Waals surface area (Å²) >= 11 is 1.63. The highest BCUT2D eigenvalue weighted by Crippen LogP contribution is 2.29. The number of likely N-dealkylation sites (tertiary alicyclic amines) is 2. The van der Waals surface area contributed by atoms with Crippen molar-refractivity contribution in [2.24, 2.45) is 0 Å². The van der Waals surface area contributed by atoms with Gasteiger partial charge in [0.05, 0.1) is 17.1 Å². The quantitative estimate of drug-likeness (QED) is 0.856. The highest BCUT2D eigenvalue weighted by atomic mass is 32.1. The average molecular weight is 293 g/mol. The van der Waals surface area contributed by atoms with E-state index in [1.54, 1.807) is 11.3 Å². The normalized spacial score (nSPS) is 27.4. The molecule has 3 rings (SSSR count). The first kappa shape index (κ1) is 14.0. The fraction of sp³-hybridized carbons (Fsp3) is 0.733. The highest BCUT2D eigenvalue weighted by Gasteiger charge is 2.38. The molecule has 2 atom stereocenters. The van der Waals surface area contributed by atoms with Crippen LogP contribution in [-0.2, 0) is 11.2 Å². The van der Waals surface area contributed by atoms with Crippen LogP contribution in [0.25, 0.3) is 0 Å². The molecule has 0 radical (unpaired) electrons. The van der Waals surface area contributed by atoms with Crippen LogP contribution in [-0.4, -0.2) is 52.9 Å². The number of amides is 1. The number of hydrogen-bond acceptors (Lipinski definition) is 4. The molecule has 110 valence electrons. The molecule has 0 spiro atoms. The highest BCUT2D eigenvalue weighted by molar-refractivity contribution is 7.09. The predicted molar refractivity (Wildman–Crippen MR) is 80.9 cm³/mol. The van der Waals surface area contributed by atoms with Crippen molar-refractivity contribution in [3.8, 4) is 0 Å². The zero-order valence-corrected chi connectivity index (χ0v) is 13.2. The number of hydrogen-bond donors (Lipinski definition) is 0. The topological polar surface area (TPSA) is 36.4 Å². The van der Waals surface area contributed by atoms with Gasteiger partial charge in [-0.05, 0) is 46.2 Å². The van der Waals surface area contributed by atoms with Crippen molar-refractivity contribution in [2.75, 3.05) is 20.1 Å². The van der Waals surface area contributed by atoms with Crippen LogP contribution in [0.4, 0.5) is 0 Å². The molecule has 2 saturated heterocycles. The summed E-state index contributed by atoms with van der Waals surface area (Å²) in [6.45, 7) is 4.09. The molecular formula is C15H23N3OS. The molecule has 3 heterocycles. The van der Waals surface area contributed by atoms with E-state index in [-0.39, 0.29) is 5.91 Å². The lowest BCUT2D eigenvalue weighted by Crippen LogP contribution is -2.47. The Bertz CT molecular complexity index is 487. The van der Waals surface area contributed by atoms with Crippen molar-refractivity contribution in [3.63, 3.8) is 0 Å². The number of aromatic nitrogens is 1. The lowest BCUT2D eigenvalue weighted by Gasteiger charge is -2.33. The number of nitrogens with zero attached hydrogens (tertiary/aromatic N) is 3. The van der Waals surface area contributed by atoms with Gasteiger partial charge in [-0.25, -0.2) is 4.98 Å². The fourth-order valence-electron chi connectivity index (χ4n) is 3.67. The summed E-state index contributed by atoms with van der Waals surface area (Å²) in [5, 5.41) is 3.06. The summed E-state index contributed by atoms with van der Waals surface area (Å²) < 4.78 is 0. The van der Waals surface area contributed by atoms with Gasteiger partial charge in [0, 0.05) is 24.0 Å². The third kappa shape index (κ3) is 2.74. The van der Waals surface area contributed by atoms with Gasteiger partial charge in [0.25, 0.3) is 0 Å². The molecule has 0 unspecified atom stereocenters. The number of rotatable bonds is 3. The first-order chi connectivity index (χ1) is 9.65. The molecule has 0 bridgehead atoms. The van der Waals surface area contributed by atoms with Gasteiger partial charge in [0.2, 0.25) is 5.91 Å². The second-order valence-electron chi connectivity index (χ2n) is 6.02. The smallest absolute Gasteiger partial charge is 0.228 e. The predicted octanol–water partition coefficient (Wildman–Crippen LogP) is 2.08. The van der Waals surface area contributed by atoms with Gasteiger partial charge in [-0.2, -0.15) is 0 Å². The number of carbonyl (C=O) groups is 1. The van der Waals surface area contributed by atoms with Gasteiger partial charge in [0.1, 0.15) is 0 Å². The van der Waals surface area contributed by atoms with Gasteiger partial charge >= 0.3 is 0 Å². The van der Waals surface area contributed by atoms with Gasteiger partial charge < -0.3 is 9.80 Å². The van der Waals surface area contributed by atoms with Crippen molar-refractivity contribution < 1.29 is 4.79 Å². The lowest BCUT2D eigenvalue weighted by atomic mass is 10.0. The zero-order valence-electron chi connectivity index (χ0n) is 12.3. The maximum atomic E-state index is 12.6. The minimum absolute atomic E-state index is 0.262. The van der Waals surface area contributed by atoms with E-state index in [0.29, 0.717) is 18.5 Å². The number of thiazole rings is 1. The monoisotopic (exact) mass is 293 g/mol. The molecule has 4 nitrogen and oxygen atoms in total. The Kier molecular flexibility index (Phi) is 4.08. The van der Waals surface area contributed by atoms with E-state index >= 15 is 0 Å². The molecule has 5 heteroatoms. The lowest BCUT2D eigenvalue weighted by molar-refractivity contribution is -0.132. The van der Waals surface area contributed by atoms with Crippen molar-refractivity contribution >= 4 is 17.2 Å². The molecule has 0 aliphatic carbocycles. The van der Waals surface area contributed by atoms with Crippen LogP contribution in [0.2, 0.25) is 0 Å². The number of carbonyl (C=O) groups excluding carboxylic acids is 1. The molecule has 1 amide bonds. The van der Waals surface area contributed by atoms with Crippen LogP contribution in [0.15, 0.2) is 5.38 Å². The summed E-state index contributed by atoms with van der Waals surface area (Å²) in [7, 11) is 2.20. The molecule has 0 N–H and O–H groups in total. The van der Waals surface area contributed by atoms with Crippen molar-refractivity contribution in [1.82, 2.24) is 14.8 Å². The Morgan fingerprint density at radius 2 is 2.10 bits per heavy atom. The molecule has 20 heavy (non-hydrogen) atoms. The molecule has 0 saturated carbocycles. The Morgan fingerprint density at radius 3 is 2.75 bits per heavy atom. The zero-order chi connectivity index (χ0) is 14.1. The van der Waals surface area contributed by atoms with Crippen molar-refractivity contribution in [3.05, 3.63) is 16.1 Å². The molecule has 1 aromatic heterocycles. The van der Waals surface area contributed by atoms with E-state index in [9.17, 15) is 4.79 Å². The van der Waals surface area contributed by atoms with Crippen molar-refractivity contribution in [2.45, 2.75) is 51.1 Å². The Hall–Kier alpha value is -0.940. The van der Waals surface area contributed by atoms with Gasteiger partial charge in [-0.1, -0.05) is 0 Å². The standard InChI is InChI=1S/C15H23N3OS/c1-11-16-12(10-20-11)9-15(19)18-8-4-6-14(18)13-5-3-7-17(13)2/h10,13-14H,3-9H2,1-2H3/t13-,14+/m1/s1. The Morgan fingerprint density at radius 1 is 1.35 bits per heavy atom. The summed E-state index contributed by atoms with van der Waals surface area (Å²) in [4.78, 5) is 21.5. The summed E-state index contributed by atoms with van der Waals surface area (Å²) in [5.41, 5.74) is 0.933. The summed E-state index contributed by atoms with van der Waals surface area (Å²) in [5.74, 6) is 0.262. The molecule has 1 aromatic rings. The maximum absolute atomic E-state index is 12.6. The van der Waals surface area contributed by atoms with Crippen molar-refractivity contribution in [1.29, 1.82) is 0 Å². The number of aryl methyl sites for hydroxylation is 1. The van der Waals surface area contributed by atoms with Crippen LogP contribution < -0.4 is 0 Å². The number of likely N-dealkylation sites (N-methyl/N-ethyl adjacent to an activating group) is 1. The minimum Gasteiger partial charge on any atom is -0.338 e. The largest absolute Gasteiger partial charge is 0.338 e. The Balaban J connectivity index is 1.67. The third-order valence-electron chi connectivity index (χ3n) is 4.64. The van der Waals surface area contributed by atoms with Crippen LogP contribution in [0.1, 0.15) is 36.4 Å². The summed E-state index contributed by atoms with van der Waals surface area (Å²) in [6.07, 6.45) is 5.29. The van der Waals surface area contributed by atoms with Gasteiger partial charge in [0.15, 0.2) is 0 Å². The van der Waals surface area contributed by atoms with E-state index in [2.05, 4.69) is 21.8 Å². The molecular weight excluding hydrogens is 270 g/mol. The first-order valence-electron chi connectivity index (χ1n) is 7.56. The van der Waals surface area contributed by atoms with E-state index in [1.807, 2.05) is 12.3 Å². The van der Waals surface area contributed by atoms with Gasteiger partial charge in [-0.15, -0.1) is 11.3 Å². The molecule has 0 aromatic carbocycles. The van der Waals surface area contributed by atoms with E-state index in [1.165, 1.54) is 19.4 Å². The van der Waals surface area contributed by atoms with E-state index in [0.717, 1.165) is 30.1 Å². The van der Waals surface area contributed by atoms with E-state index in [4.69, 9.17) is 0 Å². The van der Waals surface area contributed by atoms with Gasteiger partial charge in [-0.3, -0.25) is 4.79 Å². The fourth-order valence-corrected chi connectivity index (χ4v) is 4.28. The SMILES string of the molecule is Cc1nc(CC(=O)N2CCC[C@H]2[C@H]2CCCN2C)cs1. The second-order valence-corrected chi connectivity index (χ2v) is 7.08. The Labute approximate surface area is 124 Å². The van der Waals surface area contributed by atoms with Crippen LogP contribution in [0.5, 0.6) is 0 Å². The third-order valence-corrected chi connectivity index (χ3v) is 5.46. The molecule has 2 aliphatic heterocycles. The average Bonchev–Trinajstić information content (AvgIpc) is 3.10. The first-order valence-corrected chi connectivity index (χ1v) is 8.44. The summed E-state index contributed by atoms with van der Waals surface area (Å²) in [6, 6.07) is 0.994. The molecule has 2 fully saturated rings. The minimum atomic E-state index is 0.262. The van der Waals surface area contributed by atoms with Crippen LogP contribution in [0.3, 0.4) is 0 Å². The second kappa shape index (κ2) is 5.82. The van der Waals surface area contributed by atoms with Crippen LogP contribution in [0, 0.1) is 6.92 Å². The molecule has 2 aliphatic rings. The maximum Gasteiger partial charge on any atom is 0.228 e.